The molecule has 3 aromatic rings. The molecule has 0 atom stereocenters. The van der Waals surface area contributed by atoms with Gasteiger partial charge in [-0.3, -0.25) is 4.68 Å². The number of aromatic nitrogens is 2. The summed E-state index contributed by atoms with van der Waals surface area (Å²) in [5.74, 6) is 0.765. The lowest BCUT2D eigenvalue weighted by atomic mass is 10.0. The van der Waals surface area contributed by atoms with Crippen LogP contribution in [0.25, 0.3) is 10.8 Å². The van der Waals surface area contributed by atoms with Gasteiger partial charge in [0.25, 0.3) is 0 Å². The molecule has 2 N–H and O–H groups in total. The second kappa shape index (κ2) is 10.2. The molecule has 28 heavy (non-hydrogen) atoms. The van der Waals surface area contributed by atoms with E-state index in [1.54, 1.807) is 0 Å². The van der Waals surface area contributed by atoms with Gasteiger partial charge in [-0.25, -0.2) is 0 Å². The van der Waals surface area contributed by atoms with E-state index < -0.39 is 0 Å². The van der Waals surface area contributed by atoms with Crippen molar-refractivity contribution in [1.29, 1.82) is 0 Å². The normalized spacial score (nSPS) is 11.1. The highest BCUT2D eigenvalue weighted by atomic mass is 32.1. The molecule has 1 aromatic heterocycles. The molecule has 5 nitrogen and oxygen atoms in total. The Balaban J connectivity index is 1.51. The quantitative estimate of drug-likeness (QED) is 0.422. The molecule has 3 rings (SSSR count). The van der Waals surface area contributed by atoms with E-state index in [1.165, 1.54) is 16.3 Å². The maximum absolute atomic E-state index is 5.39. The lowest BCUT2D eigenvalue weighted by Gasteiger charge is -2.18. The number of hydrogen-bond acceptors (Lipinski definition) is 3. The van der Waals surface area contributed by atoms with Gasteiger partial charge in [0.05, 0.1) is 6.54 Å². The van der Waals surface area contributed by atoms with Crippen LogP contribution in [-0.4, -0.2) is 46.0 Å². The van der Waals surface area contributed by atoms with Crippen molar-refractivity contribution in [3.05, 3.63) is 60.3 Å². The molecule has 0 saturated carbocycles. The van der Waals surface area contributed by atoms with E-state index in [0.29, 0.717) is 5.11 Å². The van der Waals surface area contributed by atoms with E-state index >= 15 is 0 Å². The zero-order valence-corrected chi connectivity index (χ0v) is 17.5. The van der Waals surface area contributed by atoms with Gasteiger partial charge in [-0.15, -0.1) is 0 Å². The number of benzene rings is 2. The van der Waals surface area contributed by atoms with Crippen LogP contribution in [0.5, 0.6) is 0 Å². The van der Waals surface area contributed by atoms with Crippen LogP contribution < -0.4 is 10.6 Å². The highest BCUT2D eigenvalue weighted by molar-refractivity contribution is 7.80. The third-order valence-electron chi connectivity index (χ3n) is 4.93. The van der Waals surface area contributed by atoms with Crippen molar-refractivity contribution in [2.75, 3.05) is 31.5 Å². The second-order valence-corrected chi connectivity index (χ2v) is 7.21. The molecule has 0 fully saturated rings. The third kappa shape index (κ3) is 5.53. The molecule has 148 valence electrons. The van der Waals surface area contributed by atoms with Gasteiger partial charge in [-0.05, 0) is 54.6 Å². The van der Waals surface area contributed by atoms with Crippen LogP contribution >= 0.6 is 12.2 Å². The number of nitrogens with one attached hydrogen (secondary N) is 2. The highest BCUT2D eigenvalue weighted by Gasteiger charge is 2.05. The summed E-state index contributed by atoms with van der Waals surface area (Å²) in [7, 11) is 0. The van der Waals surface area contributed by atoms with E-state index in [2.05, 4.69) is 76.9 Å². The van der Waals surface area contributed by atoms with Crippen LogP contribution in [0.15, 0.2) is 54.7 Å². The maximum Gasteiger partial charge on any atom is 0.171 e. The van der Waals surface area contributed by atoms with E-state index in [-0.39, 0.29) is 0 Å². The molecular formula is C22H29N5S. The van der Waals surface area contributed by atoms with Crippen molar-refractivity contribution < 1.29 is 0 Å². The van der Waals surface area contributed by atoms with Gasteiger partial charge < -0.3 is 15.5 Å². The zero-order valence-electron chi connectivity index (χ0n) is 16.7. The molecule has 0 radical (unpaired) electrons. The summed E-state index contributed by atoms with van der Waals surface area (Å²) >= 11 is 5.39. The van der Waals surface area contributed by atoms with E-state index in [9.17, 15) is 0 Å². The highest BCUT2D eigenvalue weighted by Crippen LogP contribution is 2.19. The molecule has 0 amide bonds. The topological polar surface area (TPSA) is 45.1 Å². The summed E-state index contributed by atoms with van der Waals surface area (Å²) in [4.78, 5) is 2.41. The summed E-state index contributed by atoms with van der Waals surface area (Å²) in [5.41, 5.74) is 1.25. The Hall–Kier alpha value is -2.44. The van der Waals surface area contributed by atoms with Crippen molar-refractivity contribution in [1.82, 2.24) is 20.0 Å². The third-order valence-corrected chi connectivity index (χ3v) is 5.17. The number of fused-ring (bicyclic) bond motifs is 1. The van der Waals surface area contributed by atoms with E-state index in [0.717, 1.165) is 45.0 Å². The average Bonchev–Trinajstić information content (AvgIpc) is 3.15. The first kappa shape index (κ1) is 20.3. The first-order valence-electron chi connectivity index (χ1n) is 9.97. The average molecular weight is 396 g/mol. The van der Waals surface area contributed by atoms with Crippen molar-refractivity contribution >= 4 is 33.9 Å². The van der Waals surface area contributed by atoms with E-state index in [1.807, 2.05) is 16.9 Å². The van der Waals surface area contributed by atoms with Gasteiger partial charge in [-0.1, -0.05) is 56.3 Å². The van der Waals surface area contributed by atoms with E-state index in [4.69, 9.17) is 12.2 Å². The number of anilines is 1. The van der Waals surface area contributed by atoms with Crippen molar-refractivity contribution in [2.45, 2.75) is 26.8 Å². The number of thiocarbonyl (C=S) groups is 1. The minimum absolute atomic E-state index is 0.620. The largest absolute Gasteiger partial charge is 0.362 e. The summed E-state index contributed by atoms with van der Waals surface area (Å²) in [6.07, 6.45) is 3.05. The summed E-state index contributed by atoms with van der Waals surface area (Å²) in [6.45, 7) is 9.24. The van der Waals surface area contributed by atoms with Crippen LogP contribution in [0.3, 0.4) is 0 Å². The van der Waals surface area contributed by atoms with Crippen molar-refractivity contribution in [2.24, 2.45) is 0 Å². The molecule has 2 aromatic carbocycles. The van der Waals surface area contributed by atoms with Crippen LogP contribution in [0.2, 0.25) is 0 Å². The Morgan fingerprint density at radius 2 is 1.86 bits per heavy atom. The number of nitrogens with zero attached hydrogens (tertiary/aromatic N) is 3. The number of hydrogen-bond donors (Lipinski definition) is 2. The Kier molecular flexibility index (Phi) is 7.39. The lowest BCUT2D eigenvalue weighted by molar-refractivity contribution is 0.300. The van der Waals surface area contributed by atoms with Gasteiger partial charge in [0.1, 0.15) is 0 Å². The standard InChI is InChI=1S/C22H29N5S/c1-3-26(4-2)15-8-14-23-22(28)24-21-13-16-27(25-21)17-19-11-7-10-18-9-5-6-12-20(18)19/h5-7,9-13,16H,3-4,8,14-15,17H2,1-2H3,(H2,23,24,25,28). The van der Waals surface area contributed by atoms with Gasteiger partial charge in [0, 0.05) is 18.8 Å². The molecule has 0 unspecified atom stereocenters. The number of rotatable bonds is 9. The van der Waals surface area contributed by atoms with Gasteiger partial charge in [-0.2, -0.15) is 5.10 Å². The van der Waals surface area contributed by atoms with Crippen molar-refractivity contribution in [3.8, 4) is 0 Å². The fourth-order valence-corrected chi connectivity index (χ4v) is 3.53. The molecule has 0 spiro atoms. The van der Waals surface area contributed by atoms with Gasteiger partial charge >= 0.3 is 0 Å². The lowest BCUT2D eigenvalue weighted by Crippen LogP contribution is -2.32. The fourth-order valence-electron chi connectivity index (χ4n) is 3.33. The predicted molar refractivity (Wildman–Crippen MR) is 122 cm³/mol. The second-order valence-electron chi connectivity index (χ2n) is 6.80. The molecule has 0 bridgehead atoms. The molecule has 0 aliphatic rings. The Bertz CT molecular complexity index is 895. The monoisotopic (exact) mass is 395 g/mol. The molecular weight excluding hydrogens is 366 g/mol. The fraction of sp³-hybridized carbons (Fsp3) is 0.364. The van der Waals surface area contributed by atoms with Crippen LogP contribution in [-0.2, 0) is 6.54 Å². The van der Waals surface area contributed by atoms with Crippen molar-refractivity contribution in [3.63, 3.8) is 0 Å². The minimum Gasteiger partial charge on any atom is -0.362 e. The molecule has 0 saturated heterocycles. The predicted octanol–water partition coefficient (Wildman–Crippen LogP) is 4.10. The summed E-state index contributed by atoms with van der Waals surface area (Å²) < 4.78 is 1.94. The Labute approximate surface area is 172 Å². The Morgan fingerprint density at radius 3 is 2.68 bits per heavy atom. The first-order chi connectivity index (χ1) is 13.7. The minimum atomic E-state index is 0.620. The molecule has 1 heterocycles. The SMILES string of the molecule is CCN(CC)CCCNC(=S)Nc1ccn(Cc2cccc3ccccc23)n1. The summed E-state index contributed by atoms with van der Waals surface area (Å²) in [5, 5.41) is 14.2. The van der Waals surface area contributed by atoms with Crippen LogP contribution in [0.1, 0.15) is 25.8 Å². The molecule has 0 aliphatic carbocycles. The van der Waals surface area contributed by atoms with Crippen LogP contribution in [0.4, 0.5) is 5.82 Å². The van der Waals surface area contributed by atoms with Gasteiger partial charge in [0.15, 0.2) is 10.9 Å². The smallest absolute Gasteiger partial charge is 0.171 e. The zero-order chi connectivity index (χ0) is 19.8. The maximum atomic E-state index is 5.39. The first-order valence-corrected chi connectivity index (χ1v) is 10.4. The summed E-state index contributed by atoms with van der Waals surface area (Å²) in [6, 6.07) is 16.8. The van der Waals surface area contributed by atoms with Gasteiger partial charge in [0.2, 0.25) is 0 Å². The molecule has 0 aliphatic heterocycles. The molecule has 6 heteroatoms. The van der Waals surface area contributed by atoms with Crippen LogP contribution in [0, 0.1) is 0 Å². The Morgan fingerprint density at radius 1 is 1.07 bits per heavy atom.